The van der Waals surface area contributed by atoms with E-state index in [4.69, 9.17) is 9.88 Å². The Labute approximate surface area is 115 Å². The van der Waals surface area contributed by atoms with Gasteiger partial charge in [0.1, 0.15) is 5.82 Å². The van der Waals surface area contributed by atoms with Gasteiger partial charge in [0.05, 0.1) is 6.61 Å². The van der Waals surface area contributed by atoms with Crippen molar-refractivity contribution < 1.29 is 13.2 Å². The Balaban J connectivity index is 2.56. The first-order valence-electron chi connectivity index (χ1n) is 6.51. The molecule has 0 spiro atoms. The molecule has 0 atom stereocenters. The predicted molar refractivity (Wildman–Crippen MR) is 73.3 cm³/mol. The highest BCUT2D eigenvalue weighted by molar-refractivity contribution is 7.89. The van der Waals surface area contributed by atoms with Crippen molar-refractivity contribution in [2.24, 2.45) is 11.1 Å². The fourth-order valence-corrected chi connectivity index (χ4v) is 2.13. The molecule has 19 heavy (non-hydrogen) atoms. The van der Waals surface area contributed by atoms with Crippen molar-refractivity contribution in [3.8, 4) is 0 Å². The summed E-state index contributed by atoms with van der Waals surface area (Å²) in [6.45, 7) is 8.06. The topological polar surface area (TPSA) is 87.2 Å². The second-order valence-corrected chi connectivity index (χ2v) is 6.39. The summed E-state index contributed by atoms with van der Waals surface area (Å²) in [5.41, 5.74) is 0. The molecule has 0 aromatic carbocycles. The van der Waals surface area contributed by atoms with Gasteiger partial charge in [0.15, 0.2) is 5.03 Å². The van der Waals surface area contributed by atoms with E-state index in [2.05, 4.69) is 18.8 Å². The van der Waals surface area contributed by atoms with Gasteiger partial charge in [0.2, 0.25) is 0 Å². The standard InChI is InChI=1S/C12H23N3O3S/c1-4-11-14-12(19(13,16)17)9-15(11)6-8-18-7-5-10(2)3/h9-10H,4-8H2,1-3H3,(H2,13,16,17). The molecule has 1 heterocycles. The summed E-state index contributed by atoms with van der Waals surface area (Å²) in [6.07, 6.45) is 3.15. The Morgan fingerprint density at radius 3 is 2.63 bits per heavy atom. The number of rotatable bonds is 8. The molecule has 7 heteroatoms. The van der Waals surface area contributed by atoms with Crippen LogP contribution < -0.4 is 5.14 Å². The van der Waals surface area contributed by atoms with Gasteiger partial charge in [-0.3, -0.25) is 0 Å². The number of hydrogen-bond donors (Lipinski definition) is 1. The summed E-state index contributed by atoms with van der Waals surface area (Å²) < 4.78 is 29.8. The second-order valence-electron chi connectivity index (χ2n) is 4.88. The van der Waals surface area contributed by atoms with E-state index in [0.717, 1.165) is 13.0 Å². The van der Waals surface area contributed by atoms with E-state index in [-0.39, 0.29) is 5.03 Å². The summed E-state index contributed by atoms with van der Waals surface area (Å²) in [4.78, 5) is 4.02. The SMILES string of the molecule is CCc1nc(S(N)(=O)=O)cn1CCOCCC(C)C. The van der Waals surface area contributed by atoms with Gasteiger partial charge in [-0.15, -0.1) is 0 Å². The Bertz CT molecular complexity index is 494. The van der Waals surface area contributed by atoms with Crippen LogP contribution in [0.2, 0.25) is 0 Å². The van der Waals surface area contributed by atoms with Gasteiger partial charge in [-0.1, -0.05) is 20.8 Å². The summed E-state index contributed by atoms with van der Waals surface area (Å²) in [5.74, 6) is 1.32. The minimum Gasteiger partial charge on any atom is -0.380 e. The molecular formula is C12H23N3O3S. The van der Waals surface area contributed by atoms with E-state index < -0.39 is 10.0 Å². The molecule has 0 aliphatic carbocycles. The zero-order valence-corrected chi connectivity index (χ0v) is 12.6. The summed E-state index contributed by atoms with van der Waals surface area (Å²) in [6, 6.07) is 0. The molecule has 0 fully saturated rings. The molecule has 0 amide bonds. The zero-order chi connectivity index (χ0) is 14.5. The van der Waals surface area contributed by atoms with E-state index in [1.807, 2.05) is 6.92 Å². The Kier molecular flexibility index (Phi) is 5.96. The highest BCUT2D eigenvalue weighted by Gasteiger charge is 2.15. The van der Waals surface area contributed by atoms with Crippen molar-refractivity contribution in [1.82, 2.24) is 9.55 Å². The lowest BCUT2D eigenvalue weighted by atomic mass is 10.1. The quantitative estimate of drug-likeness (QED) is 0.727. The molecule has 6 nitrogen and oxygen atoms in total. The summed E-state index contributed by atoms with van der Waals surface area (Å²) in [7, 11) is -3.73. The lowest BCUT2D eigenvalue weighted by Crippen LogP contribution is -2.12. The monoisotopic (exact) mass is 289 g/mol. The van der Waals surface area contributed by atoms with E-state index in [0.29, 0.717) is 31.3 Å². The molecule has 1 aromatic rings. The lowest BCUT2D eigenvalue weighted by Gasteiger charge is -2.08. The largest absolute Gasteiger partial charge is 0.380 e. The molecule has 0 unspecified atom stereocenters. The first kappa shape index (κ1) is 16.1. The summed E-state index contributed by atoms with van der Waals surface area (Å²) in [5, 5.41) is 4.99. The number of nitrogens with zero attached hydrogens (tertiary/aromatic N) is 2. The third kappa shape index (κ3) is 5.30. The van der Waals surface area contributed by atoms with Crippen molar-refractivity contribution in [2.45, 2.75) is 45.2 Å². The van der Waals surface area contributed by atoms with E-state index in [9.17, 15) is 8.42 Å². The van der Waals surface area contributed by atoms with Crippen LogP contribution in [0, 0.1) is 5.92 Å². The second kappa shape index (κ2) is 7.02. The molecule has 0 bridgehead atoms. The van der Waals surface area contributed by atoms with Crippen LogP contribution in [0.25, 0.3) is 0 Å². The highest BCUT2D eigenvalue weighted by atomic mass is 32.2. The maximum Gasteiger partial charge on any atom is 0.257 e. The Hall–Kier alpha value is -0.920. The number of nitrogens with two attached hydrogens (primary N) is 1. The minimum atomic E-state index is -3.73. The van der Waals surface area contributed by atoms with Crippen LogP contribution in [-0.2, 0) is 27.7 Å². The third-order valence-corrected chi connectivity index (χ3v) is 3.54. The molecular weight excluding hydrogens is 266 g/mol. The van der Waals surface area contributed by atoms with Crippen molar-refractivity contribution in [3.63, 3.8) is 0 Å². The molecule has 0 saturated carbocycles. The molecule has 1 rings (SSSR count). The average molecular weight is 289 g/mol. The first-order valence-corrected chi connectivity index (χ1v) is 8.05. The zero-order valence-electron chi connectivity index (χ0n) is 11.8. The third-order valence-electron chi connectivity index (χ3n) is 2.76. The van der Waals surface area contributed by atoms with Gasteiger partial charge in [-0.05, 0) is 12.3 Å². The first-order chi connectivity index (χ1) is 8.84. The van der Waals surface area contributed by atoms with Crippen LogP contribution in [0.5, 0.6) is 0 Å². The fraction of sp³-hybridized carbons (Fsp3) is 0.750. The number of aromatic nitrogens is 2. The number of primary sulfonamides is 1. The number of hydrogen-bond acceptors (Lipinski definition) is 4. The molecule has 0 radical (unpaired) electrons. The minimum absolute atomic E-state index is 0.0773. The molecule has 0 aliphatic rings. The van der Waals surface area contributed by atoms with Gasteiger partial charge in [0, 0.05) is 25.8 Å². The number of aryl methyl sites for hydroxylation is 1. The van der Waals surface area contributed by atoms with Crippen LogP contribution >= 0.6 is 0 Å². The average Bonchev–Trinajstić information content (AvgIpc) is 2.71. The van der Waals surface area contributed by atoms with Crippen LogP contribution in [0.15, 0.2) is 11.2 Å². The van der Waals surface area contributed by atoms with Crippen molar-refractivity contribution >= 4 is 10.0 Å². The predicted octanol–water partition coefficient (Wildman–Crippen LogP) is 1.16. The molecule has 0 aliphatic heterocycles. The maximum atomic E-state index is 11.2. The van der Waals surface area contributed by atoms with Crippen LogP contribution in [0.1, 0.15) is 33.0 Å². The molecule has 2 N–H and O–H groups in total. The molecule has 110 valence electrons. The van der Waals surface area contributed by atoms with E-state index in [1.54, 1.807) is 4.57 Å². The van der Waals surface area contributed by atoms with Gasteiger partial charge < -0.3 is 9.30 Å². The van der Waals surface area contributed by atoms with Gasteiger partial charge in [0.25, 0.3) is 10.0 Å². The van der Waals surface area contributed by atoms with Crippen molar-refractivity contribution in [3.05, 3.63) is 12.0 Å². The number of ether oxygens (including phenoxy) is 1. The smallest absolute Gasteiger partial charge is 0.257 e. The molecule has 1 aromatic heterocycles. The maximum absolute atomic E-state index is 11.2. The number of imidazole rings is 1. The normalized spacial score (nSPS) is 12.3. The van der Waals surface area contributed by atoms with Crippen molar-refractivity contribution in [1.29, 1.82) is 0 Å². The molecule has 0 saturated heterocycles. The Morgan fingerprint density at radius 1 is 1.42 bits per heavy atom. The number of sulfonamides is 1. The highest BCUT2D eigenvalue weighted by Crippen LogP contribution is 2.09. The van der Waals surface area contributed by atoms with E-state index >= 15 is 0 Å². The van der Waals surface area contributed by atoms with Crippen LogP contribution in [-0.4, -0.2) is 31.2 Å². The Morgan fingerprint density at radius 2 is 2.11 bits per heavy atom. The van der Waals surface area contributed by atoms with E-state index in [1.165, 1.54) is 6.20 Å². The van der Waals surface area contributed by atoms with Crippen LogP contribution in [0.3, 0.4) is 0 Å². The van der Waals surface area contributed by atoms with Gasteiger partial charge in [-0.25, -0.2) is 18.5 Å². The van der Waals surface area contributed by atoms with Crippen molar-refractivity contribution in [2.75, 3.05) is 13.2 Å². The van der Waals surface area contributed by atoms with Gasteiger partial charge in [-0.2, -0.15) is 0 Å². The summed E-state index contributed by atoms with van der Waals surface area (Å²) >= 11 is 0. The van der Waals surface area contributed by atoms with Crippen LogP contribution in [0.4, 0.5) is 0 Å². The lowest BCUT2D eigenvalue weighted by molar-refractivity contribution is 0.115. The van der Waals surface area contributed by atoms with Gasteiger partial charge >= 0.3 is 0 Å². The fourth-order valence-electron chi connectivity index (χ4n) is 1.62.